The molecule has 2 fully saturated rings. The van der Waals surface area contributed by atoms with Gasteiger partial charge in [-0.15, -0.1) is 0 Å². The van der Waals surface area contributed by atoms with Crippen LogP contribution in [0.5, 0.6) is 0 Å². The van der Waals surface area contributed by atoms with Gasteiger partial charge in [0.15, 0.2) is 0 Å². The van der Waals surface area contributed by atoms with E-state index in [-0.39, 0.29) is 17.8 Å². The van der Waals surface area contributed by atoms with Crippen LogP contribution in [0.25, 0.3) is 55.7 Å². The van der Waals surface area contributed by atoms with Gasteiger partial charge in [0.05, 0.1) is 27.8 Å². The summed E-state index contributed by atoms with van der Waals surface area (Å²) >= 11 is 0. The van der Waals surface area contributed by atoms with Gasteiger partial charge in [0.1, 0.15) is 11.6 Å². The van der Waals surface area contributed by atoms with Crippen molar-refractivity contribution in [1.29, 1.82) is 0 Å². The zero-order chi connectivity index (χ0) is 31.9. The minimum absolute atomic E-state index is 0.0290. The van der Waals surface area contributed by atoms with Gasteiger partial charge in [-0.3, -0.25) is 4.79 Å². The molecule has 0 unspecified atom stereocenters. The van der Waals surface area contributed by atoms with Crippen molar-refractivity contribution in [3.8, 4) is 33.8 Å². The van der Waals surface area contributed by atoms with Crippen LogP contribution in [0.3, 0.4) is 0 Å². The van der Waals surface area contributed by atoms with E-state index in [1.54, 1.807) is 6.07 Å². The summed E-state index contributed by atoms with van der Waals surface area (Å²) in [6.07, 6.45) is 5.55. The van der Waals surface area contributed by atoms with Gasteiger partial charge in [-0.05, 0) is 61.3 Å². The highest BCUT2D eigenvalue weighted by atomic mass is 19.1. The van der Waals surface area contributed by atoms with Crippen molar-refractivity contribution in [2.45, 2.75) is 38.1 Å². The van der Waals surface area contributed by atoms with E-state index in [2.05, 4.69) is 40.8 Å². The fraction of sp³-hybridized carbons (Fsp3) is 0.275. The molecule has 2 aliphatic rings. The van der Waals surface area contributed by atoms with Crippen molar-refractivity contribution < 1.29 is 9.18 Å². The molecule has 0 radical (unpaired) electrons. The number of fused-ring (bicyclic) bond motifs is 2. The molecule has 7 heteroatoms. The number of amides is 1. The first-order valence-electron chi connectivity index (χ1n) is 16.8. The van der Waals surface area contributed by atoms with Gasteiger partial charge in [-0.25, -0.2) is 14.4 Å². The number of carbonyl (C=O) groups is 1. The Hall–Kier alpha value is -4.88. The zero-order valence-electron chi connectivity index (χ0n) is 26.7. The summed E-state index contributed by atoms with van der Waals surface area (Å²) in [5.74, 6) is 0.301. The molecule has 0 spiro atoms. The number of nitrogens with zero attached hydrogens (tertiary/aromatic N) is 5. The third-order valence-electron chi connectivity index (χ3n) is 9.97. The number of hydrogen-bond donors (Lipinski definition) is 0. The average Bonchev–Trinajstić information content (AvgIpc) is 3.50. The number of imidazole rings is 1. The van der Waals surface area contributed by atoms with E-state index in [0.717, 1.165) is 77.6 Å². The molecule has 6 aromatic rings. The summed E-state index contributed by atoms with van der Waals surface area (Å²) in [6, 6.07) is 32.0. The molecule has 1 saturated heterocycles. The molecule has 1 aliphatic heterocycles. The monoisotopic (exact) mass is 623 g/mol. The maximum Gasteiger partial charge on any atom is 0.254 e. The Morgan fingerprint density at radius 3 is 2.26 bits per heavy atom. The Morgan fingerprint density at radius 1 is 0.723 bits per heavy atom. The molecule has 1 amide bonds. The third kappa shape index (κ3) is 5.59. The Kier molecular flexibility index (Phi) is 7.77. The highest BCUT2D eigenvalue weighted by molar-refractivity contribution is 5.98. The maximum absolute atomic E-state index is 16.3. The largest absolute Gasteiger partial charge is 0.336 e. The number of likely N-dealkylation sites (N-methyl/N-ethyl adjacent to an activating group) is 1. The third-order valence-corrected chi connectivity index (χ3v) is 9.97. The number of rotatable bonds is 5. The first-order valence-corrected chi connectivity index (χ1v) is 16.8. The van der Waals surface area contributed by atoms with Crippen LogP contribution in [-0.2, 0) is 0 Å². The lowest BCUT2D eigenvalue weighted by Gasteiger charge is -2.32. The number of hydrogen-bond acceptors (Lipinski definition) is 4. The molecular weight excluding hydrogens is 585 g/mol. The minimum Gasteiger partial charge on any atom is -0.336 e. The molecule has 236 valence electrons. The number of pyridine rings is 1. The van der Waals surface area contributed by atoms with Crippen LogP contribution < -0.4 is 0 Å². The number of benzene rings is 4. The number of aromatic nitrogens is 3. The summed E-state index contributed by atoms with van der Waals surface area (Å²) < 4.78 is 18.5. The first kappa shape index (κ1) is 29.5. The van der Waals surface area contributed by atoms with Crippen LogP contribution in [0, 0.1) is 5.82 Å². The number of carbonyl (C=O) groups excluding carboxylic acids is 1. The molecule has 47 heavy (non-hydrogen) atoms. The van der Waals surface area contributed by atoms with Crippen molar-refractivity contribution in [2.75, 3.05) is 33.2 Å². The van der Waals surface area contributed by atoms with Crippen molar-refractivity contribution in [3.05, 3.63) is 108 Å². The smallest absolute Gasteiger partial charge is 0.254 e. The summed E-state index contributed by atoms with van der Waals surface area (Å²) in [5.41, 5.74) is 7.39. The predicted octanol–water partition coefficient (Wildman–Crippen LogP) is 8.62. The molecule has 1 aliphatic carbocycles. The lowest BCUT2D eigenvalue weighted by molar-refractivity contribution is 0.0664. The van der Waals surface area contributed by atoms with Gasteiger partial charge in [0.25, 0.3) is 5.91 Å². The Labute approximate surface area is 274 Å². The Morgan fingerprint density at radius 2 is 1.47 bits per heavy atom. The van der Waals surface area contributed by atoms with Crippen LogP contribution in [0.2, 0.25) is 0 Å². The molecule has 4 aromatic carbocycles. The maximum atomic E-state index is 16.3. The topological polar surface area (TPSA) is 54.3 Å². The molecule has 8 rings (SSSR count). The highest BCUT2D eigenvalue weighted by Gasteiger charge is 2.26. The van der Waals surface area contributed by atoms with Crippen LogP contribution >= 0.6 is 0 Å². The Balaban J connectivity index is 1.20. The van der Waals surface area contributed by atoms with E-state index in [1.807, 2.05) is 71.6 Å². The van der Waals surface area contributed by atoms with E-state index in [9.17, 15) is 4.79 Å². The lowest BCUT2D eigenvalue weighted by atomic mass is 9.94. The molecule has 3 heterocycles. The summed E-state index contributed by atoms with van der Waals surface area (Å²) in [4.78, 5) is 27.6. The van der Waals surface area contributed by atoms with Gasteiger partial charge in [0, 0.05) is 54.8 Å². The second kappa shape index (κ2) is 12.4. The fourth-order valence-electron chi connectivity index (χ4n) is 7.37. The highest BCUT2D eigenvalue weighted by Crippen LogP contribution is 2.39. The second-order valence-corrected chi connectivity index (χ2v) is 13.0. The molecule has 1 saturated carbocycles. The lowest BCUT2D eigenvalue weighted by Crippen LogP contribution is -2.47. The van der Waals surface area contributed by atoms with Crippen LogP contribution in [0.4, 0.5) is 4.39 Å². The van der Waals surface area contributed by atoms with Crippen molar-refractivity contribution in [1.82, 2.24) is 24.3 Å². The van der Waals surface area contributed by atoms with Crippen LogP contribution in [0.15, 0.2) is 97.1 Å². The molecule has 0 atom stereocenters. The quantitative estimate of drug-likeness (QED) is 0.193. The zero-order valence-corrected chi connectivity index (χ0v) is 26.7. The molecule has 6 nitrogen and oxygen atoms in total. The van der Waals surface area contributed by atoms with Gasteiger partial charge < -0.3 is 14.4 Å². The molecule has 0 bridgehead atoms. The second-order valence-electron chi connectivity index (χ2n) is 13.0. The van der Waals surface area contributed by atoms with Gasteiger partial charge in [-0.1, -0.05) is 79.9 Å². The van der Waals surface area contributed by atoms with Crippen LogP contribution in [0.1, 0.15) is 48.5 Å². The summed E-state index contributed by atoms with van der Waals surface area (Å²) in [5, 5.41) is 0.857. The van der Waals surface area contributed by atoms with E-state index in [0.29, 0.717) is 35.6 Å². The van der Waals surface area contributed by atoms with Crippen molar-refractivity contribution in [2.24, 2.45) is 0 Å². The van der Waals surface area contributed by atoms with E-state index < -0.39 is 0 Å². The Bertz CT molecular complexity index is 2090. The van der Waals surface area contributed by atoms with Crippen molar-refractivity contribution >= 4 is 27.8 Å². The predicted molar refractivity (Wildman–Crippen MR) is 187 cm³/mol. The molecular formula is C40H38FN5O. The standard InChI is InChI=1S/C40H38FN5O/c1-44-20-22-45(23-21-44)40(47)29-17-19-38-37(25-29)43-39(46(38)30-12-6-3-7-13-30)33-24-28-16-18-35(42-36(28)26-34(33)41)32-15-9-8-14-31(32)27-10-4-2-5-11-27/h2,4-5,8-11,14-19,24-26,30H,3,6-7,12-13,20-23H2,1H3. The van der Waals surface area contributed by atoms with E-state index >= 15 is 4.39 Å². The van der Waals surface area contributed by atoms with E-state index in [1.165, 1.54) is 6.42 Å². The number of halogens is 1. The van der Waals surface area contributed by atoms with Gasteiger partial charge in [0.2, 0.25) is 0 Å². The normalized spacial score (nSPS) is 16.3. The fourth-order valence-corrected chi connectivity index (χ4v) is 7.37. The van der Waals surface area contributed by atoms with Crippen molar-refractivity contribution in [3.63, 3.8) is 0 Å². The van der Waals surface area contributed by atoms with Gasteiger partial charge >= 0.3 is 0 Å². The first-order chi connectivity index (χ1) is 23.0. The summed E-state index contributed by atoms with van der Waals surface area (Å²) in [7, 11) is 2.08. The van der Waals surface area contributed by atoms with Crippen LogP contribution in [-0.4, -0.2) is 63.5 Å². The average molecular weight is 624 g/mol. The number of piperazine rings is 1. The molecule has 0 N–H and O–H groups in total. The minimum atomic E-state index is -0.348. The molecule has 2 aromatic heterocycles. The van der Waals surface area contributed by atoms with E-state index in [4.69, 9.17) is 9.97 Å². The van der Waals surface area contributed by atoms with Gasteiger partial charge in [-0.2, -0.15) is 0 Å². The summed E-state index contributed by atoms with van der Waals surface area (Å²) in [6.45, 7) is 3.16. The SMILES string of the molecule is CN1CCN(C(=O)c2ccc3c(c2)nc(-c2cc4ccc(-c5ccccc5-c5ccccc5)nc4cc2F)n3C2CCCCC2)CC1.